The van der Waals surface area contributed by atoms with Crippen molar-refractivity contribution in [3.63, 3.8) is 0 Å². The molecule has 3 aliphatic rings. The van der Waals surface area contributed by atoms with Gasteiger partial charge < -0.3 is 14.6 Å². The van der Waals surface area contributed by atoms with Gasteiger partial charge in [-0.2, -0.15) is 0 Å². The highest BCUT2D eigenvalue weighted by atomic mass is 16.6. The molecular formula is C15H26O3. The Labute approximate surface area is 110 Å². The molecule has 18 heavy (non-hydrogen) atoms. The van der Waals surface area contributed by atoms with E-state index in [0.717, 1.165) is 12.3 Å². The lowest BCUT2D eigenvalue weighted by atomic mass is 9.70. The lowest BCUT2D eigenvalue weighted by molar-refractivity contribution is -0.168. The van der Waals surface area contributed by atoms with Crippen LogP contribution >= 0.6 is 0 Å². The van der Waals surface area contributed by atoms with E-state index in [-0.39, 0.29) is 17.6 Å². The summed E-state index contributed by atoms with van der Waals surface area (Å²) >= 11 is 0. The van der Waals surface area contributed by atoms with E-state index in [9.17, 15) is 5.11 Å². The van der Waals surface area contributed by atoms with Crippen LogP contribution in [0.4, 0.5) is 0 Å². The van der Waals surface area contributed by atoms with Crippen LogP contribution in [-0.2, 0) is 9.47 Å². The van der Waals surface area contributed by atoms with Crippen molar-refractivity contribution in [2.75, 3.05) is 13.2 Å². The van der Waals surface area contributed by atoms with Crippen molar-refractivity contribution >= 4 is 0 Å². The Morgan fingerprint density at radius 3 is 2.56 bits per heavy atom. The third-order valence-corrected chi connectivity index (χ3v) is 6.32. The number of hydrogen-bond donors (Lipinski definition) is 1. The monoisotopic (exact) mass is 254 g/mol. The second-order valence-electron chi connectivity index (χ2n) is 7.20. The van der Waals surface area contributed by atoms with Crippen molar-refractivity contribution in [1.82, 2.24) is 0 Å². The van der Waals surface area contributed by atoms with Crippen molar-refractivity contribution in [1.29, 1.82) is 0 Å². The van der Waals surface area contributed by atoms with E-state index in [0.29, 0.717) is 31.2 Å². The summed E-state index contributed by atoms with van der Waals surface area (Å²) in [4.78, 5) is 0. The maximum absolute atomic E-state index is 10.0. The molecule has 1 heterocycles. The first kappa shape index (κ1) is 12.9. The summed E-state index contributed by atoms with van der Waals surface area (Å²) in [7, 11) is 0. The van der Waals surface area contributed by atoms with Crippen molar-refractivity contribution in [2.24, 2.45) is 16.7 Å². The molecule has 104 valence electrons. The topological polar surface area (TPSA) is 38.7 Å². The van der Waals surface area contributed by atoms with Crippen LogP contribution in [0.2, 0.25) is 0 Å². The minimum absolute atomic E-state index is 0.115. The van der Waals surface area contributed by atoms with Crippen LogP contribution in [0.25, 0.3) is 0 Å². The number of hydrogen-bond acceptors (Lipinski definition) is 3. The maximum atomic E-state index is 10.0. The highest BCUT2D eigenvalue weighted by Gasteiger charge is 2.62. The van der Waals surface area contributed by atoms with Gasteiger partial charge in [0, 0.05) is 6.61 Å². The van der Waals surface area contributed by atoms with Crippen LogP contribution in [0.1, 0.15) is 46.5 Å². The molecule has 2 saturated carbocycles. The molecule has 0 amide bonds. The van der Waals surface area contributed by atoms with Crippen molar-refractivity contribution in [2.45, 2.75) is 64.8 Å². The van der Waals surface area contributed by atoms with E-state index >= 15 is 0 Å². The molecule has 0 radical (unpaired) electrons. The molecule has 1 saturated heterocycles. The Balaban J connectivity index is 1.71. The fourth-order valence-corrected chi connectivity index (χ4v) is 4.38. The van der Waals surface area contributed by atoms with Gasteiger partial charge in [0.1, 0.15) is 6.10 Å². The highest BCUT2D eigenvalue weighted by Crippen LogP contribution is 2.66. The largest absolute Gasteiger partial charge is 0.390 e. The van der Waals surface area contributed by atoms with E-state index in [4.69, 9.17) is 9.47 Å². The van der Waals surface area contributed by atoms with Crippen molar-refractivity contribution in [3.8, 4) is 0 Å². The zero-order valence-corrected chi connectivity index (χ0v) is 11.8. The quantitative estimate of drug-likeness (QED) is 0.822. The van der Waals surface area contributed by atoms with Gasteiger partial charge in [0.15, 0.2) is 0 Å². The van der Waals surface area contributed by atoms with Crippen molar-refractivity contribution < 1.29 is 14.6 Å². The van der Waals surface area contributed by atoms with Gasteiger partial charge in [0.2, 0.25) is 0 Å². The minimum Gasteiger partial charge on any atom is -0.390 e. The number of aliphatic hydroxyl groups is 1. The van der Waals surface area contributed by atoms with E-state index in [1.54, 1.807) is 0 Å². The molecule has 0 aromatic carbocycles. The lowest BCUT2D eigenvalue weighted by Gasteiger charge is -2.41. The van der Waals surface area contributed by atoms with E-state index < -0.39 is 0 Å². The number of ether oxygens (including phenoxy) is 2. The molecule has 3 fully saturated rings. The van der Waals surface area contributed by atoms with Crippen LogP contribution in [0.3, 0.4) is 0 Å². The molecule has 2 bridgehead atoms. The highest BCUT2D eigenvalue weighted by molar-refractivity contribution is 5.11. The molecule has 1 N–H and O–H groups in total. The predicted molar refractivity (Wildman–Crippen MR) is 69.3 cm³/mol. The van der Waals surface area contributed by atoms with Gasteiger partial charge >= 0.3 is 0 Å². The van der Waals surface area contributed by atoms with Gasteiger partial charge in [-0.1, -0.05) is 20.8 Å². The molecule has 0 spiro atoms. The minimum atomic E-state index is -0.343. The van der Waals surface area contributed by atoms with Crippen molar-refractivity contribution in [3.05, 3.63) is 0 Å². The SMILES string of the molecule is CC1(C)C2CCC1(C)C(OC1COCCC1O)C2. The lowest BCUT2D eigenvalue weighted by Crippen LogP contribution is -2.45. The van der Waals surface area contributed by atoms with Gasteiger partial charge in [-0.15, -0.1) is 0 Å². The molecular weight excluding hydrogens is 228 g/mol. The van der Waals surface area contributed by atoms with Crippen LogP contribution in [0.5, 0.6) is 0 Å². The van der Waals surface area contributed by atoms with E-state index in [1.165, 1.54) is 12.8 Å². The summed E-state index contributed by atoms with van der Waals surface area (Å²) in [5.74, 6) is 0.786. The Hall–Kier alpha value is -0.120. The van der Waals surface area contributed by atoms with Gasteiger partial charge in [-0.25, -0.2) is 0 Å². The van der Waals surface area contributed by atoms with Gasteiger partial charge in [-0.05, 0) is 42.4 Å². The van der Waals surface area contributed by atoms with Gasteiger partial charge in [0.05, 0.1) is 18.8 Å². The first-order valence-corrected chi connectivity index (χ1v) is 7.36. The first-order valence-electron chi connectivity index (χ1n) is 7.36. The molecule has 3 heteroatoms. The fraction of sp³-hybridized carbons (Fsp3) is 1.00. The average Bonchev–Trinajstić information content (AvgIpc) is 2.65. The van der Waals surface area contributed by atoms with Crippen LogP contribution < -0.4 is 0 Å². The average molecular weight is 254 g/mol. The zero-order chi connectivity index (χ0) is 13.0. The zero-order valence-electron chi connectivity index (χ0n) is 11.8. The van der Waals surface area contributed by atoms with Crippen LogP contribution in [0.15, 0.2) is 0 Å². The Morgan fingerprint density at radius 1 is 1.22 bits per heavy atom. The molecule has 3 nitrogen and oxygen atoms in total. The van der Waals surface area contributed by atoms with Gasteiger partial charge in [0.25, 0.3) is 0 Å². The Kier molecular flexibility index (Phi) is 3.00. The van der Waals surface area contributed by atoms with Gasteiger partial charge in [-0.3, -0.25) is 0 Å². The molecule has 3 rings (SSSR count). The molecule has 5 atom stereocenters. The standard InChI is InChI=1S/C15H26O3/c1-14(2)10-4-6-15(14,3)13(8-10)18-12-9-17-7-5-11(12)16/h10-13,16H,4-9H2,1-3H3. The second-order valence-corrected chi connectivity index (χ2v) is 7.20. The molecule has 2 aliphatic carbocycles. The summed E-state index contributed by atoms with van der Waals surface area (Å²) in [5, 5.41) is 10.0. The number of rotatable bonds is 2. The third-order valence-electron chi connectivity index (χ3n) is 6.32. The smallest absolute Gasteiger partial charge is 0.107 e. The molecule has 0 aromatic rings. The summed E-state index contributed by atoms with van der Waals surface area (Å²) in [6.07, 6.45) is 4.31. The molecule has 1 aliphatic heterocycles. The maximum Gasteiger partial charge on any atom is 0.107 e. The molecule has 5 unspecified atom stereocenters. The number of aliphatic hydroxyl groups excluding tert-OH is 1. The predicted octanol–water partition coefficient (Wildman–Crippen LogP) is 2.37. The summed E-state index contributed by atoms with van der Waals surface area (Å²) in [5.41, 5.74) is 0.646. The summed E-state index contributed by atoms with van der Waals surface area (Å²) in [6.45, 7) is 8.38. The molecule has 0 aromatic heterocycles. The normalized spacial score (nSPS) is 50.7. The third kappa shape index (κ3) is 1.67. The second kappa shape index (κ2) is 4.19. The summed E-state index contributed by atoms with van der Waals surface area (Å²) in [6, 6.07) is 0. The summed E-state index contributed by atoms with van der Waals surface area (Å²) < 4.78 is 11.7. The van der Waals surface area contributed by atoms with Crippen LogP contribution in [-0.4, -0.2) is 36.6 Å². The van der Waals surface area contributed by atoms with E-state index in [2.05, 4.69) is 20.8 Å². The first-order chi connectivity index (χ1) is 8.45. The Morgan fingerprint density at radius 2 is 2.00 bits per heavy atom. The van der Waals surface area contributed by atoms with Crippen LogP contribution in [0, 0.1) is 16.7 Å². The number of fused-ring (bicyclic) bond motifs is 2. The Bertz CT molecular complexity index is 328. The fourth-order valence-electron chi connectivity index (χ4n) is 4.38. The van der Waals surface area contributed by atoms with E-state index in [1.807, 2.05) is 0 Å².